The Labute approximate surface area is 116 Å². The first-order valence-electron chi connectivity index (χ1n) is 6.69. The molecule has 1 aromatic carbocycles. The number of rotatable bonds is 4. The lowest BCUT2D eigenvalue weighted by Crippen LogP contribution is -2.47. The van der Waals surface area contributed by atoms with E-state index in [1.54, 1.807) is 0 Å². The number of amides is 1. The fraction of sp³-hybridized carbons (Fsp3) is 0.333. The van der Waals surface area contributed by atoms with Gasteiger partial charge >= 0.3 is 5.97 Å². The number of carbonyl (C=O) groups excluding carboxylic acids is 1. The highest BCUT2D eigenvalue weighted by Crippen LogP contribution is 2.27. The standard InChI is InChI=1S/C15H16N2O3/c18-14(16-12-7-11(8-12)15(19)20)9-17-6-5-10-3-1-2-4-13(10)17/h1-6,11-12H,7-9H2,(H,16,18)(H,19,20). The van der Waals surface area contributed by atoms with Crippen LogP contribution in [0.2, 0.25) is 0 Å². The van der Waals surface area contributed by atoms with Gasteiger partial charge in [0.2, 0.25) is 5.91 Å². The van der Waals surface area contributed by atoms with Crippen molar-refractivity contribution in [3.63, 3.8) is 0 Å². The van der Waals surface area contributed by atoms with Crippen molar-refractivity contribution in [2.24, 2.45) is 5.92 Å². The molecule has 104 valence electrons. The molecule has 5 heteroatoms. The van der Waals surface area contributed by atoms with Crippen LogP contribution in [0.25, 0.3) is 10.9 Å². The summed E-state index contributed by atoms with van der Waals surface area (Å²) in [5, 5.41) is 12.8. The van der Waals surface area contributed by atoms with E-state index in [-0.39, 0.29) is 24.4 Å². The Bertz CT molecular complexity index is 656. The summed E-state index contributed by atoms with van der Waals surface area (Å²) in [4.78, 5) is 22.7. The van der Waals surface area contributed by atoms with Crippen molar-refractivity contribution in [2.45, 2.75) is 25.4 Å². The molecule has 2 aromatic rings. The van der Waals surface area contributed by atoms with Crippen LogP contribution in [-0.4, -0.2) is 27.6 Å². The second-order valence-electron chi connectivity index (χ2n) is 5.27. The summed E-state index contributed by atoms with van der Waals surface area (Å²) < 4.78 is 1.90. The zero-order valence-corrected chi connectivity index (χ0v) is 11.0. The quantitative estimate of drug-likeness (QED) is 0.888. The van der Waals surface area contributed by atoms with Crippen LogP contribution in [0.15, 0.2) is 36.5 Å². The number of hydrogen-bond donors (Lipinski definition) is 2. The number of carboxylic acids is 1. The molecule has 0 radical (unpaired) electrons. The van der Waals surface area contributed by atoms with Crippen LogP contribution in [0.4, 0.5) is 0 Å². The number of benzene rings is 1. The number of carbonyl (C=O) groups is 2. The van der Waals surface area contributed by atoms with E-state index in [0.717, 1.165) is 10.9 Å². The van der Waals surface area contributed by atoms with E-state index in [2.05, 4.69) is 5.32 Å². The molecule has 1 fully saturated rings. The van der Waals surface area contributed by atoms with Crippen molar-refractivity contribution in [1.82, 2.24) is 9.88 Å². The highest BCUT2D eigenvalue weighted by atomic mass is 16.4. The van der Waals surface area contributed by atoms with E-state index < -0.39 is 5.97 Å². The SMILES string of the molecule is O=C(Cn1ccc2ccccc21)NC1CC(C(=O)O)C1. The maximum absolute atomic E-state index is 12.0. The van der Waals surface area contributed by atoms with Crippen LogP contribution in [-0.2, 0) is 16.1 Å². The molecule has 3 rings (SSSR count). The van der Waals surface area contributed by atoms with Crippen LogP contribution in [0, 0.1) is 5.92 Å². The second kappa shape index (κ2) is 5.00. The third kappa shape index (κ3) is 2.39. The minimum atomic E-state index is -0.771. The molecule has 20 heavy (non-hydrogen) atoms. The van der Waals surface area contributed by atoms with E-state index in [1.165, 1.54) is 0 Å². The number of aliphatic carboxylic acids is 1. The summed E-state index contributed by atoms with van der Waals surface area (Å²) >= 11 is 0. The third-order valence-electron chi connectivity index (χ3n) is 3.85. The Balaban J connectivity index is 1.58. The summed E-state index contributed by atoms with van der Waals surface area (Å²) in [6.07, 6.45) is 2.96. The Kier molecular flexibility index (Phi) is 3.18. The molecule has 1 saturated carbocycles. The molecule has 0 bridgehead atoms. The molecule has 0 atom stereocenters. The Hall–Kier alpha value is -2.30. The minimum absolute atomic E-state index is 0.00502. The molecular formula is C15H16N2O3. The van der Waals surface area contributed by atoms with E-state index in [4.69, 9.17) is 5.11 Å². The predicted octanol–water partition coefficient (Wildman–Crippen LogP) is 1.62. The summed E-state index contributed by atoms with van der Waals surface area (Å²) in [5.41, 5.74) is 1.03. The summed E-state index contributed by atoms with van der Waals surface area (Å²) in [6, 6.07) is 9.88. The predicted molar refractivity (Wildman–Crippen MR) is 74.2 cm³/mol. The van der Waals surface area contributed by atoms with Crippen LogP contribution < -0.4 is 5.32 Å². The van der Waals surface area contributed by atoms with Crippen molar-refractivity contribution in [3.8, 4) is 0 Å². The maximum atomic E-state index is 12.0. The lowest BCUT2D eigenvalue weighted by Gasteiger charge is -2.32. The van der Waals surface area contributed by atoms with Gasteiger partial charge in [-0.1, -0.05) is 18.2 Å². The zero-order valence-electron chi connectivity index (χ0n) is 11.0. The number of nitrogens with zero attached hydrogens (tertiary/aromatic N) is 1. The van der Waals surface area contributed by atoms with Crippen LogP contribution in [0.3, 0.4) is 0 Å². The average molecular weight is 272 g/mol. The normalized spacial score (nSPS) is 21.4. The fourth-order valence-corrected chi connectivity index (χ4v) is 2.64. The van der Waals surface area contributed by atoms with Crippen LogP contribution in [0.1, 0.15) is 12.8 Å². The number of hydrogen-bond acceptors (Lipinski definition) is 2. The molecular weight excluding hydrogens is 256 g/mol. The smallest absolute Gasteiger partial charge is 0.306 e. The fourth-order valence-electron chi connectivity index (χ4n) is 2.64. The van der Waals surface area contributed by atoms with Gasteiger partial charge in [-0.25, -0.2) is 0 Å². The topological polar surface area (TPSA) is 71.3 Å². The lowest BCUT2D eigenvalue weighted by molar-refractivity contribution is -0.146. The van der Waals surface area contributed by atoms with Crippen molar-refractivity contribution < 1.29 is 14.7 Å². The largest absolute Gasteiger partial charge is 0.481 e. The van der Waals surface area contributed by atoms with Gasteiger partial charge in [0.15, 0.2) is 0 Å². The molecule has 1 aliphatic rings. The number of fused-ring (bicyclic) bond motifs is 1. The van der Waals surface area contributed by atoms with Gasteiger partial charge < -0.3 is 15.0 Å². The molecule has 0 unspecified atom stereocenters. The van der Waals surface area contributed by atoms with Gasteiger partial charge in [-0.05, 0) is 30.4 Å². The van der Waals surface area contributed by atoms with E-state index in [0.29, 0.717) is 12.8 Å². The first-order valence-corrected chi connectivity index (χ1v) is 6.69. The molecule has 1 amide bonds. The van der Waals surface area contributed by atoms with E-state index in [1.807, 2.05) is 41.1 Å². The average Bonchev–Trinajstić information content (AvgIpc) is 2.76. The van der Waals surface area contributed by atoms with Gasteiger partial charge in [0.1, 0.15) is 6.54 Å². The number of carboxylic acid groups (broad SMARTS) is 1. The van der Waals surface area contributed by atoms with Gasteiger partial charge in [0, 0.05) is 17.8 Å². The van der Waals surface area contributed by atoms with E-state index in [9.17, 15) is 9.59 Å². The zero-order chi connectivity index (χ0) is 14.1. The number of aromatic nitrogens is 1. The highest BCUT2D eigenvalue weighted by Gasteiger charge is 2.35. The molecule has 0 aliphatic heterocycles. The molecule has 2 N–H and O–H groups in total. The van der Waals surface area contributed by atoms with Crippen LogP contribution in [0.5, 0.6) is 0 Å². The first kappa shape index (κ1) is 12.7. The van der Waals surface area contributed by atoms with Crippen molar-refractivity contribution in [3.05, 3.63) is 36.5 Å². The first-order chi connectivity index (χ1) is 9.63. The van der Waals surface area contributed by atoms with Gasteiger partial charge in [-0.3, -0.25) is 9.59 Å². The van der Waals surface area contributed by atoms with Crippen LogP contribution >= 0.6 is 0 Å². The molecule has 1 aromatic heterocycles. The highest BCUT2D eigenvalue weighted by molar-refractivity contribution is 5.83. The Morgan fingerprint density at radius 2 is 2.00 bits per heavy atom. The van der Waals surface area contributed by atoms with Gasteiger partial charge in [0.05, 0.1) is 5.92 Å². The van der Waals surface area contributed by atoms with Crippen molar-refractivity contribution in [2.75, 3.05) is 0 Å². The third-order valence-corrected chi connectivity index (χ3v) is 3.85. The molecule has 0 saturated heterocycles. The molecule has 1 heterocycles. The Morgan fingerprint density at radius 3 is 2.75 bits per heavy atom. The number of para-hydroxylation sites is 1. The second-order valence-corrected chi connectivity index (χ2v) is 5.27. The lowest BCUT2D eigenvalue weighted by atomic mass is 9.80. The Morgan fingerprint density at radius 1 is 1.25 bits per heavy atom. The molecule has 1 aliphatic carbocycles. The van der Waals surface area contributed by atoms with E-state index >= 15 is 0 Å². The van der Waals surface area contributed by atoms with Crippen molar-refractivity contribution in [1.29, 1.82) is 0 Å². The minimum Gasteiger partial charge on any atom is -0.481 e. The van der Waals surface area contributed by atoms with Crippen molar-refractivity contribution >= 4 is 22.8 Å². The summed E-state index contributed by atoms with van der Waals surface area (Å²) in [5.74, 6) is -1.14. The van der Waals surface area contributed by atoms with Gasteiger partial charge in [-0.2, -0.15) is 0 Å². The van der Waals surface area contributed by atoms with Gasteiger partial charge in [-0.15, -0.1) is 0 Å². The summed E-state index contributed by atoms with van der Waals surface area (Å²) in [7, 11) is 0. The molecule has 0 spiro atoms. The maximum Gasteiger partial charge on any atom is 0.306 e. The monoisotopic (exact) mass is 272 g/mol. The van der Waals surface area contributed by atoms with Gasteiger partial charge in [0.25, 0.3) is 0 Å². The summed E-state index contributed by atoms with van der Waals surface area (Å²) in [6.45, 7) is 0.266. The molecule has 5 nitrogen and oxygen atoms in total. The number of nitrogens with one attached hydrogen (secondary N) is 1.